The summed E-state index contributed by atoms with van der Waals surface area (Å²) in [4.78, 5) is 2.33. The first kappa shape index (κ1) is 13.5. The Morgan fingerprint density at radius 3 is 2.67 bits per heavy atom. The molecule has 2 rings (SSSR count). The molecule has 5 nitrogen and oxygen atoms in total. The van der Waals surface area contributed by atoms with E-state index in [4.69, 9.17) is 5.84 Å². The van der Waals surface area contributed by atoms with Crippen LogP contribution in [-0.4, -0.2) is 34.3 Å². The van der Waals surface area contributed by atoms with E-state index in [1.807, 2.05) is 10.9 Å². The SMILES string of the molecule is CCn1nccc1C(NN)C1(N(C)C)CCCC1. The van der Waals surface area contributed by atoms with Crippen molar-refractivity contribution in [1.82, 2.24) is 20.1 Å². The molecule has 1 aliphatic rings. The maximum absolute atomic E-state index is 5.87. The van der Waals surface area contributed by atoms with E-state index in [1.54, 1.807) is 0 Å². The first-order chi connectivity index (χ1) is 8.65. The molecule has 0 saturated heterocycles. The molecule has 18 heavy (non-hydrogen) atoms. The van der Waals surface area contributed by atoms with Crippen LogP contribution >= 0.6 is 0 Å². The minimum atomic E-state index is 0.113. The van der Waals surface area contributed by atoms with Crippen LogP contribution in [0.5, 0.6) is 0 Å². The topological polar surface area (TPSA) is 59.1 Å². The van der Waals surface area contributed by atoms with Gasteiger partial charge in [-0.15, -0.1) is 0 Å². The molecule has 0 spiro atoms. The van der Waals surface area contributed by atoms with E-state index >= 15 is 0 Å². The number of rotatable bonds is 5. The second kappa shape index (κ2) is 5.38. The van der Waals surface area contributed by atoms with Crippen molar-refractivity contribution in [3.05, 3.63) is 18.0 Å². The molecule has 0 bridgehead atoms. The van der Waals surface area contributed by atoms with Gasteiger partial charge in [0.05, 0.1) is 11.7 Å². The van der Waals surface area contributed by atoms with Crippen molar-refractivity contribution in [3.8, 4) is 0 Å². The fourth-order valence-corrected chi connectivity index (χ4v) is 3.35. The Hall–Kier alpha value is -0.910. The minimum absolute atomic E-state index is 0.113. The molecule has 1 unspecified atom stereocenters. The van der Waals surface area contributed by atoms with Crippen molar-refractivity contribution in [1.29, 1.82) is 0 Å². The van der Waals surface area contributed by atoms with Gasteiger partial charge in [0.2, 0.25) is 0 Å². The van der Waals surface area contributed by atoms with E-state index in [1.165, 1.54) is 31.4 Å². The zero-order chi connectivity index (χ0) is 13.2. The van der Waals surface area contributed by atoms with Gasteiger partial charge in [-0.25, -0.2) is 5.43 Å². The third kappa shape index (κ3) is 2.06. The minimum Gasteiger partial charge on any atom is -0.302 e. The number of hydrazine groups is 1. The Morgan fingerprint density at radius 2 is 2.17 bits per heavy atom. The Balaban J connectivity index is 2.37. The Bertz CT molecular complexity index is 378. The first-order valence-electron chi connectivity index (χ1n) is 6.81. The van der Waals surface area contributed by atoms with Crippen molar-refractivity contribution in [2.75, 3.05) is 14.1 Å². The maximum Gasteiger partial charge on any atom is 0.0812 e. The molecule has 1 saturated carbocycles. The first-order valence-corrected chi connectivity index (χ1v) is 6.81. The Labute approximate surface area is 109 Å². The van der Waals surface area contributed by atoms with Gasteiger partial charge < -0.3 is 4.90 Å². The number of aromatic nitrogens is 2. The van der Waals surface area contributed by atoms with E-state index in [-0.39, 0.29) is 11.6 Å². The van der Waals surface area contributed by atoms with Crippen molar-refractivity contribution >= 4 is 0 Å². The van der Waals surface area contributed by atoms with Gasteiger partial charge in [-0.2, -0.15) is 5.10 Å². The number of nitrogens with zero attached hydrogens (tertiary/aromatic N) is 3. The van der Waals surface area contributed by atoms with E-state index < -0.39 is 0 Å². The van der Waals surface area contributed by atoms with Gasteiger partial charge in [-0.1, -0.05) is 12.8 Å². The van der Waals surface area contributed by atoms with E-state index in [0.29, 0.717) is 0 Å². The van der Waals surface area contributed by atoms with Crippen LogP contribution in [0.2, 0.25) is 0 Å². The molecular weight excluding hydrogens is 226 g/mol. The second-order valence-corrected chi connectivity index (χ2v) is 5.38. The molecule has 1 aliphatic carbocycles. The Kier molecular flexibility index (Phi) is 4.04. The highest BCUT2D eigenvalue weighted by Gasteiger charge is 2.44. The van der Waals surface area contributed by atoms with Crippen LogP contribution in [-0.2, 0) is 6.54 Å². The summed E-state index contributed by atoms with van der Waals surface area (Å²) in [6.07, 6.45) is 6.78. The molecule has 1 fully saturated rings. The van der Waals surface area contributed by atoms with Crippen LogP contribution in [0.1, 0.15) is 44.3 Å². The van der Waals surface area contributed by atoms with Crippen LogP contribution in [0.25, 0.3) is 0 Å². The molecule has 3 N–H and O–H groups in total. The number of nitrogens with one attached hydrogen (secondary N) is 1. The predicted molar refractivity (Wildman–Crippen MR) is 72.9 cm³/mol. The van der Waals surface area contributed by atoms with E-state index in [2.05, 4.69) is 42.5 Å². The molecule has 0 aromatic carbocycles. The number of aryl methyl sites for hydroxylation is 1. The molecule has 102 valence electrons. The molecule has 1 heterocycles. The van der Waals surface area contributed by atoms with Gasteiger partial charge in [0.1, 0.15) is 0 Å². The van der Waals surface area contributed by atoms with Crippen LogP contribution in [0.3, 0.4) is 0 Å². The third-order valence-electron chi connectivity index (χ3n) is 4.41. The van der Waals surface area contributed by atoms with Gasteiger partial charge in [-0.3, -0.25) is 10.5 Å². The number of hydrogen-bond donors (Lipinski definition) is 2. The Morgan fingerprint density at radius 1 is 1.50 bits per heavy atom. The highest BCUT2D eigenvalue weighted by atomic mass is 15.3. The summed E-state index contributed by atoms with van der Waals surface area (Å²) in [6, 6.07) is 2.22. The van der Waals surface area contributed by atoms with Gasteiger partial charge in [-0.05, 0) is 39.9 Å². The van der Waals surface area contributed by atoms with Crippen molar-refractivity contribution in [2.24, 2.45) is 5.84 Å². The molecule has 0 radical (unpaired) electrons. The van der Waals surface area contributed by atoms with Gasteiger partial charge in [0, 0.05) is 18.3 Å². The summed E-state index contributed by atoms with van der Waals surface area (Å²) >= 11 is 0. The lowest BCUT2D eigenvalue weighted by Gasteiger charge is -2.43. The quantitative estimate of drug-likeness (QED) is 0.611. The zero-order valence-electron chi connectivity index (χ0n) is 11.7. The second-order valence-electron chi connectivity index (χ2n) is 5.38. The summed E-state index contributed by atoms with van der Waals surface area (Å²) in [7, 11) is 4.31. The van der Waals surface area contributed by atoms with Crippen molar-refractivity contribution in [3.63, 3.8) is 0 Å². The molecule has 0 aliphatic heterocycles. The largest absolute Gasteiger partial charge is 0.302 e. The summed E-state index contributed by atoms with van der Waals surface area (Å²) in [5, 5.41) is 4.37. The fraction of sp³-hybridized carbons (Fsp3) is 0.769. The smallest absolute Gasteiger partial charge is 0.0812 e. The molecule has 1 atom stereocenters. The molecule has 1 aromatic rings. The monoisotopic (exact) mass is 251 g/mol. The molecule has 1 aromatic heterocycles. The maximum atomic E-state index is 5.87. The summed E-state index contributed by atoms with van der Waals surface area (Å²) in [5.41, 5.74) is 4.34. The van der Waals surface area contributed by atoms with E-state index in [9.17, 15) is 0 Å². The normalized spacial score (nSPS) is 20.5. The van der Waals surface area contributed by atoms with Crippen LogP contribution in [0.4, 0.5) is 0 Å². The standard InChI is InChI=1S/C13H25N5/c1-4-18-11(7-10-15-18)12(16-14)13(17(2)3)8-5-6-9-13/h7,10,12,16H,4-6,8-9,14H2,1-3H3. The summed E-state index contributed by atoms with van der Waals surface area (Å²) in [6.45, 7) is 2.99. The summed E-state index contributed by atoms with van der Waals surface area (Å²) < 4.78 is 2.04. The number of nitrogens with two attached hydrogens (primary N) is 1. The average molecular weight is 251 g/mol. The number of hydrogen-bond acceptors (Lipinski definition) is 4. The van der Waals surface area contributed by atoms with Crippen molar-refractivity contribution in [2.45, 2.75) is 50.7 Å². The van der Waals surface area contributed by atoms with Crippen LogP contribution in [0, 0.1) is 0 Å². The lowest BCUT2D eigenvalue weighted by Crippen LogP contribution is -2.54. The highest BCUT2D eigenvalue weighted by molar-refractivity contribution is 5.16. The summed E-state index contributed by atoms with van der Waals surface area (Å²) in [5.74, 6) is 5.87. The number of likely N-dealkylation sites (N-methyl/N-ethyl adjacent to an activating group) is 1. The molecule has 0 amide bonds. The fourth-order valence-electron chi connectivity index (χ4n) is 3.35. The third-order valence-corrected chi connectivity index (χ3v) is 4.41. The van der Waals surface area contributed by atoms with Crippen LogP contribution < -0.4 is 11.3 Å². The van der Waals surface area contributed by atoms with Gasteiger partial charge >= 0.3 is 0 Å². The lowest BCUT2D eigenvalue weighted by atomic mass is 9.85. The zero-order valence-corrected chi connectivity index (χ0v) is 11.7. The molecule has 5 heteroatoms. The van der Waals surface area contributed by atoms with Gasteiger partial charge in [0.25, 0.3) is 0 Å². The lowest BCUT2D eigenvalue weighted by molar-refractivity contribution is 0.100. The van der Waals surface area contributed by atoms with Gasteiger partial charge in [0.15, 0.2) is 0 Å². The highest BCUT2D eigenvalue weighted by Crippen LogP contribution is 2.42. The van der Waals surface area contributed by atoms with Crippen LogP contribution in [0.15, 0.2) is 12.3 Å². The predicted octanol–water partition coefficient (Wildman–Crippen LogP) is 1.28. The van der Waals surface area contributed by atoms with E-state index in [0.717, 1.165) is 6.54 Å². The molecular formula is C13H25N5. The average Bonchev–Trinajstić information content (AvgIpc) is 2.99. The van der Waals surface area contributed by atoms with Crippen molar-refractivity contribution < 1.29 is 0 Å².